The van der Waals surface area contributed by atoms with Gasteiger partial charge in [0.1, 0.15) is 18.8 Å². The average Bonchev–Trinajstić information content (AvgIpc) is 3.34. The molecule has 9 heteroatoms. The molecule has 1 N–H and O–H groups in total. The second-order valence-electron chi connectivity index (χ2n) is 6.21. The van der Waals surface area contributed by atoms with Gasteiger partial charge in [0.2, 0.25) is 0 Å². The maximum Gasteiger partial charge on any atom is 0.251 e. The number of carbonyl (C=O) groups excluding carboxylic acids is 1. The minimum Gasteiger partial charge on any atom is -0.368 e. The molecule has 2 fully saturated rings. The minimum absolute atomic E-state index is 0.144. The van der Waals surface area contributed by atoms with Crippen LogP contribution in [0.15, 0.2) is 17.6 Å². The van der Waals surface area contributed by atoms with Gasteiger partial charge in [-0.05, 0) is 19.8 Å². The van der Waals surface area contributed by atoms with E-state index in [1.54, 1.807) is 11.0 Å². The van der Waals surface area contributed by atoms with E-state index in [1.807, 2.05) is 4.90 Å². The van der Waals surface area contributed by atoms with Crippen molar-refractivity contribution < 1.29 is 9.53 Å². The van der Waals surface area contributed by atoms with Gasteiger partial charge < -0.3 is 19.9 Å². The standard InChI is InChI=1S/C16H27N7O2/c1-2-18-16(19-5-6-23-13-17-12-20-23)22-9-7-21(8-10-22)15(24)14-4-3-11-25-14/h12-14H,2-11H2,1H3,(H,18,19). The predicted molar refractivity (Wildman–Crippen MR) is 93.1 cm³/mol. The van der Waals surface area contributed by atoms with Crippen LogP contribution in [0.1, 0.15) is 19.8 Å². The molecule has 0 radical (unpaired) electrons. The molecule has 0 bridgehead atoms. The summed E-state index contributed by atoms with van der Waals surface area (Å²) in [6.45, 7) is 7.92. The first-order valence-corrected chi connectivity index (χ1v) is 9.04. The number of nitrogens with zero attached hydrogens (tertiary/aromatic N) is 6. The molecule has 0 aliphatic carbocycles. The maximum atomic E-state index is 12.4. The first-order valence-electron chi connectivity index (χ1n) is 9.04. The fourth-order valence-electron chi connectivity index (χ4n) is 3.15. The number of guanidine groups is 1. The molecule has 2 aliphatic heterocycles. The molecule has 0 spiro atoms. The highest BCUT2D eigenvalue weighted by atomic mass is 16.5. The van der Waals surface area contributed by atoms with Gasteiger partial charge in [-0.25, -0.2) is 4.98 Å². The van der Waals surface area contributed by atoms with Gasteiger partial charge in [0.05, 0.1) is 13.1 Å². The monoisotopic (exact) mass is 349 g/mol. The summed E-state index contributed by atoms with van der Waals surface area (Å²) < 4.78 is 7.28. The van der Waals surface area contributed by atoms with Gasteiger partial charge in [-0.15, -0.1) is 0 Å². The minimum atomic E-state index is -0.226. The van der Waals surface area contributed by atoms with E-state index < -0.39 is 0 Å². The normalized spacial score (nSPS) is 21.6. The maximum absolute atomic E-state index is 12.4. The number of hydrogen-bond acceptors (Lipinski definition) is 5. The van der Waals surface area contributed by atoms with Crippen molar-refractivity contribution in [2.45, 2.75) is 32.4 Å². The molecule has 9 nitrogen and oxygen atoms in total. The van der Waals surface area contributed by atoms with Gasteiger partial charge in [0.25, 0.3) is 5.91 Å². The summed E-state index contributed by atoms with van der Waals surface area (Å²) in [6, 6.07) is 0. The first-order chi connectivity index (χ1) is 12.3. The predicted octanol–water partition coefficient (Wildman–Crippen LogP) is -0.433. The lowest BCUT2D eigenvalue weighted by Crippen LogP contribution is -2.55. The first kappa shape index (κ1) is 17.7. The molecule has 3 rings (SSSR count). The summed E-state index contributed by atoms with van der Waals surface area (Å²) in [5, 5.41) is 7.42. The van der Waals surface area contributed by atoms with E-state index in [1.165, 1.54) is 6.33 Å². The van der Waals surface area contributed by atoms with Crippen LogP contribution in [-0.2, 0) is 16.1 Å². The highest BCUT2D eigenvalue weighted by molar-refractivity contribution is 5.82. The molecule has 0 saturated carbocycles. The Hall–Kier alpha value is -2.16. The fourth-order valence-corrected chi connectivity index (χ4v) is 3.15. The molecule has 1 amide bonds. The van der Waals surface area contributed by atoms with Crippen LogP contribution in [0.25, 0.3) is 0 Å². The number of carbonyl (C=O) groups is 1. The van der Waals surface area contributed by atoms with Crippen LogP contribution < -0.4 is 5.32 Å². The van der Waals surface area contributed by atoms with E-state index in [-0.39, 0.29) is 12.0 Å². The van der Waals surface area contributed by atoms with Gasteiger partial charge in [-0.2, -0.15) is 5.10 Å². The molecular formula is C16H27N7O2. The highest BCUT2D eigenvalue weighted by Crippen LogP contribution is 2.16. The van der Waals surface area contributed by atoms with Crippen molar-refractivity contribution in [2.75, 3.05) is 45.9 Å². The van der Waals surface area contributed by atoms with E-state index in [0.29, 0.717) is 32.8 Å². The van der Waals surface area contributed by atoms with Gasteiger partial charge >= 0.3 is 0 Å². The number of piperazine rings is 1. The summed E-state index contributed by atoms with van der Waals surface area (Å²) >= 11 is 0. The molecule has 1 aromatic heterocycles. The topological polar surface area (TPSA) is 87.9 Å². The van der Waals surface area contributed by atoms with Gasteiger partial charge in [-0.3, -0.25) is 14.5 Å². The van der Waals surface area contributed by atoms with E-state index in [2.05, 4.69) is 32.2 Å². The lowest BCUT2D eigenvalue weighted by Gasteiger charge is -2.37. The van der Waals surface area contributed by atoms with Crippen LogP contribution in [0.4, 0.5) is 0 Å². The SMILES string of the molecule is CCNC(=NCCn1cncn1)N1CCN(C(=O)C2CCCO2)CC1. The fraction of sp³-hybridized carbons (Fsp3) is 0.750. The Morgan fingerprint density at radius 3 is 2.76 bits per heavy atom. The van der Waals surface area contributed by atoms with Gasteiger partial charge in [0.15, 0.2) is 5.96 Å². The number of rotatable bonds is 5. The molecule has 3 heterocycles. The van der Waals surface area contributed by atoms with Gasteiger partial charge in [-0.1, -0.05) is 0 Å². The Bertz CT molecular complexity index is 561. The van der Waals surface area contributed by atoms with Crippen molar-refractivity contribution in [3.8, 4) is 0 Å². The summed E-state index contributed by atoms with van der Waals surface area (Å²) in [6.07, 6.45) is 4.83. The summed E-state index contributed by atoms with van der Waals surface area (Å²) in [5.41, 5.74) is 0. The Labute approximate surface area is 148 Å². The largest absolute Gasteiger partial charge is 0.368 e. The number of aliphatic imine (C=N–C) groups is 1. The van der Waals surface area contributed by atoms with Crippen molar-refractivity contribution >= 4 is 11.9 Å². The highest BCUT2D eigenvalue weighted by Gasteiger charge is 2.30. The summed E-state index contributed by atoms with van der Waals surface area (Å²) in [4.78, 5) is 25.2. The molecule has 2 aliphatic rings. The molecular weight excluding hydrogens is 322 g/mol. The molecule has 138 valence electrons. The third-order valence-electron chi connectivity index (χ3n) is 4.49. The van der Waals surface area contributed by atoms with Crippen LogP contribution >= 0.6 is 0 Å². The van der Waals surface area contributed by atoms with Crippen molar-refractivity contribution in [3.63, 3.8) is 0 Å². The Morgan fingerprint density at radius 1 is 1.32 bits per heavy atom. The number of ether oxygens (including phenoxy) is 1. The van der Waals surface area contributed by atoms with E-state index in [9.17, 15) is 4.79 Å². The second kappa shape index (κ2) is 8.80. The number of amides is 1. The number of nitrogens with one attached hydrogen (secondary N) is 1. The van der Waals surface area contributed by atoms with Crippen molar-refractivity contribution in [2.24, 2.45) is 4.99 Å². The van der Waals surface area contributed by atoms with Crippen LogP contribution in [0, 0.1) is 0 Å². The quantitative estimate of drug-likeness (QED) is 0.573. The van der Waals surface area contributed by atoms with Crippen LogP contribution in [0.2, 0.25) is 0 Å². The molecule has 2 saturated heterocycles. The van der Waals surface area contributed by atoms with Crippen LogP contribution in [-0.4, -0.2) is 88.4 Å². The third kappa shape index (κ3) is 4.68. The Kier molecular flexibility index (Phi) is 6.21. The van der Waals surface area contributed by atoms with E-state index >= 15 is 0 Å². The molecule has 1 aromatic rings. The third-order valence-corrected chi connectivity index (χ3v) is 4.49. The molecule has 0 aromatic carbocycles. The smallest absolute Gasteiger partial charge is 0.251 e. The van der Waals surface area contributed by atoms with Crippen LogP contribution in [0.3, 0.4) is 0 Å². The average molecular weight is 349 g/mol. The Morgan fingerprint density at radius 2 is 2.12 bits per heavy atom. The molecule has 25 heavy (non-hydrogen) atoms. The Balaban J connectivity index is 1.50. The van der Waals surface area contributed by atoms with Crippen molar-refractivity contribution in [1.29, 1.82) is 0 Å². The zero-order chi connectivity index (χ0) is 17.5. The van der Waals surface area contributed by atoms with E-state index in [4.69, 9.17) is 4.74 Å². The van der Waals surface area contributed by atoms with Crippen molar-refractivity contribution in [3.05, 3.63) is 12.7 Å². The van der Waals surface area contributed by atoms with Gasteiger partial charge in [0, 0.05) is 39.3 Å². The number of hydrogen-bond donors (Lipinski definition) is 1. The zero-order valence-corrected chi connectivity index (χ0v) is 14.8. The lowest BCUT2D eigenvalue weighted by atomic mass is 10.2. The summed E-state index contributed by atoms with van der Waals surface area (Å²) in [7, 11) is 0. The van der Waals surface area contributed by atoms with E-state index in [0.717, 1.165) is 38.4 Å². The summed E-state index contributed by atoms with van der Waals surface area (Å²) in [5.74, 6) is 1.04. The van der Waals surface area contributed by atoms with Crippen molar-refractivity contribution in [1.82, 2.24) is 29.9 Å². The second-order valence-corrected chi connectivity index (χ2v) is 6.21. The zero-order valence-electron chi connectivity index (χ0n) is 14.8. The molecule has 1 unspecified atom stereocenters. The molecule has 1 atom stereocenters. The number of aromatic nitrogens is 3. The van der Waals surface area contributed by atoms with Crippen LogP contribution in [0.5, 0.6) is 0 Å². The lowest BCUT2D eigenvalue weighted by molar-refractivity contribution is -0.142.